The van der Waals surface area contributed by atoms with Crippen LogP contribution in [0.1, 0.15) is 34.6 Å². The van der Waals surface area contributed by atoms with Gasteiger partial charge < -0.3 is 19.7 Å². The third-order valence-corrected chi connectivity index (χ3v) is 6.09. The lowest BCUT2D eigenvalue weighted by Gasteiger charge is -2.17. The smallest absolute Gasteiger partial charge is 0.225 e. The molecule has 1 amide bonds. The standard InChI is InChI=1S/C26H23FN2O3/c1-32-24-9-8-17(11-18(24)15-30)20-12-25(31)28-22-6-3-7-23-26(22)21(20)14-29(23)13-16-4-2-5-19(27)10-16/h2-11,14,20,30H,12-13,15H2,1H3,(H,28,31)/t20-/m1/s1. The summed E-state index contributed by atoms with van der Waals surface area (Å²) in [4.78, 5) is 12.7. The van der Waals surface area contributed by atoms with Gasteiger partial charge in [-0.3, -0.25) is 4.79 Å². The maximum atomic E-state index is 13.8. The number of hydrogen-bond donors (Lipinski definition) is 2. The molecular weight excluding hydrogens is 407 g/mol. The summed E-state index contributed by atoms with van der Waals surface area (Å²) in [5.41, 5.74) is 5.26. The summed E-state index contributed by atoms with van der Waals surface area (Å²) in [6.45, 7) is 0.366. The van der Waals surface area contributed by atoms with Gasteiger partial charge in [0.05, 0.1) is 24.9 Å². The molecule has 5 rings (SSSR count). The van der Waals surface area contributed by atoms with Crippen LogP contribution in [0.2, 0.25) is 0 Å². The largest absolute Gasteiger partial charge is 0.496 e. The van der Waals surface area contributed by atoms with Gasteiger partial charge in [0.1, 0.15) is 11.6 Å². The number of methoxy groups -OCH3 is 1. The molecule has 1 aliphatic rings. The number of aromatic nitrogens is 1. The monoisotopic (exact) mass is 430 g/mol. The minimum Gasteiger partial charge on any atom is -0.496 e. The summed E-state index contributed by atoms with van der Waals surface area (Å²) >= 11 is 0. The Morgan fingerprint density at radius 3 is 2.78 bits per heavy atom. The Labute approximate surface area is 185 Å². The number of halogens is 1. The molecule has 5 nitrogen and oxygen atoms in total. The topological polar surface area (TPSA) is 63.5 Å². The van der Waals surface area contributed by atoms with Crippen molar-refractivity contribution in [2.45, 2.75) is 25.5 Å². The predicted molar refractivity (Wildman–Crippen MR) is 121 cm³/mol. The summed E-state index contributed by atoms with van der Waals surface area (Å²) in [5, 5.41) is 13.8. The third-order valence-electron chi connectivity index (χ3n) is 6.09. The first-order valence-electron chi connectivity index (χ1n) is 10.5. The van der Waals surface area contributed by atoms with Crippen LogP contribution in [0, 0.1) is 5.82 Å². The Bertz CT molecular complexity index is 1330. The lowest BCUT2D eigenvalue weighted by Crippen LogP contribution is -2.14. The van der Waals surface area contributed by atoms with Gasteiger partial charge in [0.15, 0.2) is 0 Å². The molecule has 2 heterocycles. The van der Waals surface area contributed by atoms with Crippen molar-refractivity contribution >= 4 is 22.5 Å². The van der Waals surface area contributed by atoms with Gasteiger partial charge in [-0.2, -0.15) is 0 Å². The summed E-state index contributed by atoms with van der Waals surface area (Å²) < 4.78 is 21.2. The zero-order valence-electron chi connectivity index (χ0n) is 17.6. The van der Waals surface area contributed by atoms with E-state index in [2.05, 4.69) is 16.1 Å². The highest BCUT2D eigenvalue weighted by atomic mass is 19.1. The number of amides is 1. The van der Waals surface area contributed by atoms with Crippen LogP contribution in [0.25, 0.3) is 10.9 Å². The molecule has 0 fully saturated rings. The van der Waals surface area contributed by atoms with E-state index in [1.165, 1.54) is 12.1 Å². The molecule has 1 aromatic heterocycles. The Hall–Kier alpha value is -3.64. The minimum atomic E-state index is -0.263. The molecule has 0 spiro atoms. The maximum absolute atomic E-state index is 13.8. The number of nitrogens with zero attached hydrogens (tertiary/aromatic N) is 1. The zero-order chi connectivity index (χ0) is 22.2. The molecule has 2 N–H and O–H groups in total. The Morgan fingerprint density at radius 1 is 1.16 bits per heavy atom. The maximum Gasteiger partial charge on any atom is 0.225 e. The Balaban J connectivity index is 1.67. The van der Waals surface area contributed by atoms with Crippen LogP contribution in [0.5, 0.6) is 5.75 Å². The first-order valence-corrected chi connectivity index (χ1v) is 10.5. The molecule has 3 aromatic carbocycles. The van der Waals surface area contributed by atoms with Gasteiger partial charge in [-0.25, -0.2) is 4.39 Å². The van der Waals surface area contributed by atoms with Gasteiger partial charge in [0.25, 0.3) is 0 Å². The quantitative estimate of drug-likeness (QED) is 0.478. The van der Waals surface area contributed by atoms with E-state index >= 15 is 0 Å². The number of carbonyl (C=O) groups excluding carboxylic acids is 1. The molecule has 1 aliphatic heterocycles. The predicted octanol–water partition coefficient (Wildman–Crippen LogP) is 4.80. The number of nitrogens with one attached hydrogen (secondary N) is 1. The van der Waals surface area contributed by atoms with Crippen molar-refractivity contribution in [2.75, 3.05) is 12.4 Å². The fraction of sp³-hybridized carbons (Fsp3) is 0.192. The molecule has 0 unspecified atom stereocenters. The van der Waals surface area contributed by atoms with E-state index < -0.39 is 0 Å². The normalized spacial score (nSPS) is 15.5. The molecule has 6 heteroatoms. The number of benzene rings is 3. The van der Waals surface area contributed by atoms with Gasteiger partial charge in [-0.05, 0) is 53.1 Å². The van der Waals surface area contributed by atoms with Crippen molar-refractivity contribution in [1.82, 2.24) is 4.57 Å². The van der Waals surface area contributed by atoms with Crippen molar-refractivity contribution in [3.05, 3.63) is 94.9 Å². The summed E-state index contributed by atoms with van der Waals surface area (Å²) in [7, 11) is 1.57. The lowest BCUT2D eigenvalue weighted by atomic mass is 9.87. The van der Waals surface area contributed by atoms with E-state index in [0.717, 1.165) is 33.3 Å². The third kappa shape index (κ3) is 3.52. The van der Waals surface area contributed by atoms with Gasteiger partial charge in [0.2, 0.25) is 5.91 Å². The second kappa shape index (κ2) is 8.13. The highest BCUT2D eigenvalue weighted by Gasteiger charge is 2.28. The highest BCUT2D eigenvalue weighted by molar-refractivity contribution is 6.06. The van der Waals surface area contributed by atoms with E-state index in [4.69, 9.17) is 4.74 Å². The minimum absolute atomic E-state index is 0.0586. The van der Waals surface area contributed by atoms with Crippen LogP contribution in [0.15, 0.2) is 66.9 Å². The number of carbonyl (C=O) groups is 1. The van der Waals surface area contributed by atoms with E-state index in [1.807, 2.05) is 42.5 Å². The molecule has 4 aromatic rings. The van der Waals surface area contributed by atoms with Gasteiger partial charge >= 0.3 is 0 Å². The Morgan fingerprint density at radius 2 is 2.00 bits per heavy atom. The van der Waals surface area contributed by atoms with Crippen LogP contribution in [-0.4, -0.2) is 22.7 Å². The first kappa shape index (κ1) is 20.3. The van der Waals surface area contributed by atoms with E-state index in [1.54, 1.807) is 13.2 Å². The average Bonchev–Trinajstić information content (AvgIpc) is 3.08. The number of rotatable bonds is 5. The number of hydrogen-bond acceptors (Lipinski definition) is 3. The summed E-state index contributed by atoms with van der Waals surface area (Å²) in [6, 6.07) is 18.1. The van der Waals surface area contributed by atoms with Crippen molar-refractivity contribution in [2.24, 2.45) is 0 Å². The lowest BCUT2D eigenvalue weighted by molar-refractivity contribution is -0.116. The highest BCUT2D eigenvalue weighted by Crippen LogP contribution is 2.41. The zero-order valence-corrected chi connectivity index (χ0v) is 17.6. The van der Waals surface area contributed by atoms with Crippen molar-refractivity contribution in [3.8, 4) is 5.75 Å². The molecule has 1 atom stereocenters. The Kier molecular flexibility index (Phi) is 5.15. The summed E-state index contributed by atoms with van der Waals surface area (Å²) in [5.74, 6) is 0.104. The second-order valence-electron chi connectivity index (χ2n) is 8.08. The number of aliphatic hydroxyl groups excluding tert-OH is 1. The summed E-state index contributed by atoms with van der Waals surface area (Å²) in [6.07, 6.45) is 2.35. The fourth-order valence-electron chi connectivity index (χ4n) is 4.65. The molecule has 0 aliphatic carbocycles. The van der Waals surface area contributed by atoms with Gasteiger partial charge in [-0.15, -0.1) is 0 Å². The van der Waals surface area contributed by atoms with Crippen molar-refractivity contribution < 1.29 is 19.0 Å². The molecule has 0 saturated carbocycles. The number of aliphatic hydroxyl groups is 1. The molecular formula is C26H23FN2O3. The SMILES string of the molecule is COc1ccc([C@H]2CC(=O)Nc3cccc4c3c2cn4Cc2cccc(F)c2)cc1CO. The average molecular weight is 430 g/mol. The second-order valence-corrected chi connectivity index (χ2v) is 8.08. The fourth-order valence-corrected chi connectivity index (χ4v) is 4.65. The molecule has 0 saturated heterocycles. The van der Waals surface area contributed by atoms with Crippen LogP contribution >= 0.6 is 0 Å². The van der Waals surface area contributed by atoms with Crippen LogP contribution < -0.4 is 10.1 Å². The number of ether oxygens (including phenoxy) is 1. The van der Waals surface area contributed by atoms with Gasteiger partial charge in [-0.1, -0.05) is 24.3 Å². The van der Waals surface area contributed by atoms with E-state index in [9.17, 15) is 14.3 Å². The van der Waals surface area contributed by atoms with Gasteiger partial charge in [0, 0.05) is 36.0 Å². The molecule has 162 valence electrons. The van der Waals surface area contributed by atoms with Crippen molar-refractivity contribution in [3.63, 3.8) is 0 Å². The van der Waals surface area contributed by atoms with Crippen LogP contribution in [0.4, 0.5) is 10.1 Å². The van der Waals surface area contributed by atoms with E-state index in [-0.39, 0.29) is 30.7 Å². The molecule has 0 bridgehead atoms. The first-order chi connectivity index (χ1) is 15.6. The van der Waals surface area contributed by atoms with Crippen LogP contribution in [-0.2, 0) is 17.9 Å². The molecule has 0 radical (unpaired) electrons. The van der Waals surface area contributed by atoms with E-state index in [0.29, 0.717) is 17.9 Å². The van der Waals surface area contributed by atoms with Crippen molar-refractivity contribution in [1.29, 1.82) is 0 Å². The number of anilines is 1. The van der Waals surface area contributed by atoms with Crippen LogP contribution in [0.3, 0.4) is 0 Å². The molecule has 32 heavy (non-hydrogen) atoms.